The van der Waals surface area contributed by atoms with E-state index in [1.54, 1.807) is 23.1 Å². The van der Waals surface area contributed by atoms with E-state index >= 15 is 0 Å². The van der Waals surface area contributed by atoms with Gasteiger partial charge in [-0.15, -0.1) is 0 Å². The highest BCUT2D eigenvalue weighted by Gasteiger charge is 2.03. The normalized spacial score (nSPS) is 10.6. The van der Waals surface area contributed by atoms with Gasteiger partial charge >= 0.3 is 0 Å². The van der Waals surface area contributed by atoms with Crippen LogP contribution in [0.5, 0.6) is 0 Å². The number of nitrogens with one attached hydrogen (secondary N) is 1. The molecule has 25 heavy (non-hydrogen) atoms. The van der Waals surface area contributed by atoms with Crippen molar-refractivity contribution >= 4 is 5.91 Å². The maximum atomic E-state index is 12.8. The fourth-order valence-electron chi connectivity index (χ4n) is 2.46. The third-order valence-electron chi connectivity index (χ3n) is 3.88. The van der Waals surface area contributed by atoms with Crippen LogP contribution < -0.4 is 5.32 Å². The van der Waals surface area contributed by atoms with Gasteiger partial charge in [0.25, 0.3) is 0 Å². The van der Waals surface area contributed by atoms with Gasteiger partial charge in [-0.2, -0.15) is 5.10 Å². The van der Waals surface area contributed by atoms with Crippen LogP contribution in [0.2, 0.25) is 0 Å². The number of aryl methyl sites for hydroxylation is 1. The van der Waals surface area contributed by atoms with E-state index in [-0.39, 0.29) is 11.7 Å². The highest BCUT2D eigenvalue weighted by atomic mass is 19.1. The highest BCUT2D eigenvalue weighted by molar-refractivity contribution is 5.76. The summed E-state index contributed by atoms with van der Waals surface area (Å²) in [7, 11) is 0. The van der Waals surface area contributed by atoms with Gasteiger partial charge in [-0.25, -0.2) is 14.1 Å². The van der Waals surface area contributed by atoms with Crippen LogP contribution in [0.3, 0.4) is 0 Å². The molecule has 0 aliphatic heterocycles. The van der Waals surface area contributed by atoms with Crippen LogP contribution in [0.4, 0.5) is 4.39 Å². The molecule has 0 unspecified atom stereocenters. The smallest absolute Gasteiger partial charge is 0.220 e. The fourth-order valence-corrected chi connectivity index (χ4v) is 2.46. The van der Waals surface area contributed by atoms with Crippen molar-refractivity contribution in [2.45, 2.75) is 25.9 Å². The van der Waals surface area contributed by atoms with Crippen LogP contribution in [-0.4, -0.2) is 20.7 Å². The first kappa shape index (κ1) is 16.8. The Morgan fingerprint density at radius 2 is 1.68 bits per heavy atom. The Hall–Kier alpha value is -3.02. The molecule has 2 aromatic carbocycles. The summed E-state index contributed by atoms with van der Waals surface area (Å²) in [4.78, 5) is 15.8. The summed E-state index contributed by atoms with van der Waals surface area (Å²) >= 11 is 0. The van der Waals surface area contributed by atoms with Crippen molar-refractivity contribution in [3.63, 3.8) is 0 Å². The Morgan fingerprint density at radius 3 is 2.36 bits per heavy atom. The van der Waals surface area contributed by atoms with Crippen LogP contribution in [0.25, 0.3) is 0 Å². The van der Waals surface area contributed by atoms with Crippen LogP contribution in [0, 0.1) is 5.82 Å². The molecule has 0 aliphatic rings. The molecule has 1 heterocycles. The van der Waals surface area contributed by atoms with Crippen molar-refractivity contribution in [2.75, 3.05) is 0 Å². The summed E-state index contributed by atoms with van der Waals surface area (Å²) in [6.07, 6.45) is 4.17. The molecule has 3 aromatic rings. The lowest BCUT2D eigenvalue weighted by molar-refractivity contribution is -0.121. The molecule has 0 saturated carbocycles. The van der Waals surface area contributed by atoms with Gasteiger partial charge in [0.15, 0.2) is 0 Å². The van der Waals surface area contributed by atoms with Crippen LogP contribution in [-0.2, 0) is 24.3 Å². The fraction of sp³-hybridized carbons (Fsp3) is 0.211. The second-order valence-electron chi connectivity index (χ2n) is 5.81. The Morgan fingerprint density at radius 1 is 1.00 bits per heavy atom. The lowest BCUT2D eigenvalue weighted by Gasteiger charge is -2.07. The van der Waals surface area contributed by atoms with Crippen LogP contribution >= 0.6 is 0 Å². The molecular formula is C19H19FN4O. The number of rotatable bonds is 7. The number of hydrogen-bond acceptors (Lipinski definition) is 3. The van der Waals surface area contributed by atoms with Gasteiger partial charge < -0.3 is 5.32 Å². The quantitative estimate of drug-likeness (QED) is 0.720. The minimum absolute atomic E-state index is 0.0176. The minimum Gasteiger partial charge on any atom is -0.352 e. The van der Waals surface area contributed by atoms with E-state index in [2.05, 4.69) is 15.4 Å². The minimum atomic E-state index is -0.263. The number of hydrogen-bond donors (Lipinski definition) is 1. The Balaban J connectivity index is 1.43. The van der Waals surface area contributed by atoms with Crippen molar-refractivity contribution in [1.29, 1.82) is 0 Å². The SMILES string of the molecule is O=C(CCc1ccc(F)cc1)NCc1ccc(Cn2cncn2)cc1. The first-order valence-corrected chi connectivity index (χ1v) is 8.10. The molecular weight excluding hydrogens is 319 g/mol. The molecule has 5 nitrogen and oxygen atoms in total. The summed E-state index contributed by atoms with van der Waals surface area (Å²) in [6.45, 7) is 1.16. The van der Waals surface area contributed by atoms with Crippen molar-refractivity contribution in [1.82, 2.24) is 20.1 Å². The first-order chi connectivity index (χ1) is 12.2. The summed E-state index contributed by atoms with van der Waals surface area (Å²) in [6, 6.07) is 14.2. The van der Waals surface area contributed by atoms with Gasteiger partial charge in [-0.1, -0.05) is 36.4 Å². The first-order valence-electron chi connectivity index (χ1n) is 8.10. The van der Waals surface area contributed by atoms with E-state index in [9.17, 15) is 9.18 Å². The molecule has 128 valence electrons. The number of carbonyl (C=O) groups excluding carboxylic acids is 1. The molecule has 0 saturated heterocycles. The summed E-state index contributed by atoms with van der Waals surface area (Å²) < 4.78 is 14.6. The lowest BCUT2D eigenvalue weighted by atomic mass is 10.1. The Labute approximate surface area is 145 Å². The second-order valence-corrected chi connectivity index (χ2v) is 5.81. The van der Waals surface area contributed by atoms with Crippen molar-refractivity contribution in [3.05, 3.63) is 83.7 Å². The zero-order chi connectivity index (χ0) is 17.5. The topological polar surface area (TPSA) is 59.8 Å². The molecule has 0 bridgehead atoms. The largest absolute Gasteiger partial charge is 0.352 e. The zero-order valence-electron chi connectivity index (χ0n) is 13.7. The summed E-state index contributed by atoms with van der Waals surface area (Å²) in [5, 5.41) is 6.98. The van der Waals surface area contributed by atoms with Gasteiger partial charge in [0, 0.05) is 13.0 Å². The third kappa shape index (κ3) is 5.24. The molecule has 0 spiro atoms. The highest BCUT2D eigenvalue weighted by Crippen LogP contribution is 2.07. The van der Waals surface area contributed by atoms with E-state index in [1.807, 2.05) is 24.3 Å². The van der Waals surface area contributed by atoms with Crippen molar-refractivity contribution in [2.24, 2.45) is 0 Å². The molecule has 0 atom stereocenters. The monoisotopic (exact) mass is 338 g/mol. The number of carbonyl (C=O) groups is 1. The average molecular weight is 338 g/mol. The third-order valence-corrected chi connectivity index (χ3v) is 3.88. The van der Waals surface area contributed by atoms with E-state index in [1.165, 1.54) is 18.5 Å². The van der Waals surface area contributed by atoms with Gasteiger partial charge in [0.05, 0.1) is 6.54 Å². The number of benzene rings is 2. The van der Waals surface area contributed by atoms with Crippen molar-refractivity contribution < 1.29 is 9.18 Å². The van der Waals surface area contributed by atoms with Gasteiger partial charge in [0.1, 0.15) is 18.5 Å². The van der Waals surface area contributed by atoms with Gasteiger partial charge in [-0.05, 0) is 35.2 Å². The molecule has 0 fully saturated rings. The lowest BCUT2D eigenvalue weighted by Crippen LogP contribution is -2.23. The number of amides is 1. The second kappa shape index (κ2) is 8.19. The van der Waals surface area contributed by atoms with E-state index in [0.29, 0.717) is 25.9 Å². The summed E-state index contributed by atoms with van der Waals surface area (Å²) in [5.41, 5.74) is 3.11. The van der Waals surface area contributed by atoms with E-state index < -0.39 is 0 Å². The Kier molecular flexibility index (Phi) is 5.51. The Bertz CT molecular complexity index is 798. The maximum Gasteiger partial charge on any atom is 0.220 e. The molecule has 6 heteroatoms. The summed E-state index contributed by atoms with van der Waals surface area (Å²) in [5.74, 6) is -0.281. The van der Waals surface area contributed by atoms with Gasteiger partial charge in [-0.3, -0.25) is 4.79 Å². The van der Waals surface area contributed by atoms with Crippen LogP contribution in [0.15, 0.2) is 61.2 Å². The molecule has 0 aliphatic carbocycles. The molecule has 0 radical (unpaired) electrons. The standard InChI is InChI=1S/C19H19FN4O/c20-18-8-5-15(6-9-18)7-10-19(25)22-11-16-1-3-17(4-2-16)12-24-14-21-13-23-24/h1-6,8-9,13-14H,7,10-12H2,(H,22,25). The predicted octanol–water partition coefficient (Wildman–Crippen LogP) is 2.71. The van der Waals surface area contributed by atoms with E-state index in [4.69, 9.17) is 0 Å². The number of aromatic nitrogens is 3. The molecule has 1 amide bonds. The number of nitrogens with zero attached hydrogens (tertiary/aromatic N) is 3. The molecule has 1 aromatic heterocycles. The maximum absolute atomic E-state index is 12.8. The van der Waals surface area contributed by atoms with Crippen molar-refractivity contribution in [3.8, 4) is 0 Å². The molecule has 1 N–H and O–H groups in total. The van der Waals surface area contributed by atoms with E-state index in [0.717, 1.165) is 16.7 Å². The van der Waals surface area contributed by atoms with Crippen LogP contribution in [0.1, 0.15) is 23.1 Å². The average Bonchev–Trinajstić information content (AvgIpc) is 3.14. The number of halogens is 1. The van der Waals surface area contributed by atoms with Gasteiger partial charge in [0.2, 0.25) is 5.91 Å². The predicted molar refractivity (Wildman–Crippen MR) is 92.1 cm³/mol. The zero-order valence-corrected chi connectivity index (χ0v) is 13.7. The molecule has 3 rings (SSSR count).